The van der Waals surface area contributed by atoms with Crippen LogP contribution in [0.5, 0.6) is 5.75 Å². The number of nitrogens with zero attached hydrogens (tertiary/aromatic N) is 3. The van der Waals surface area contributed by atoms with Crippen LogP contribution >= 0.6 is 0 Å². The predicted octanol–water partition coefficient (Wildman–Crippen LogP) is 2.23. The zero-order chi connectivity index (χ0) is 21.5. The van der Waals surface area contributed by atoms with Crippen LogP contribution in [0, 0.1) is 0 Å². The normalized spacial score (nSPS) is 13.6. The molecule has 2 heterocycles. The van der Waals surface area contributed by atoms with Crippen LogP contribution in [0.4, 0.5) is 0 Å². The number of methoxy groups -OCH3 is 2. The van der Waals surface area contributed by atoms with Gasteiger partial charge >= 0.3 is 11.9 Å². The van der Waals surface area contributed by atoms with E-state index in [1.54, 1.807) is 14.0 Å². The Balaban J connectivity index is 1.76. The van der Waals surface area contributed by atoms with E-state index >= 15 is 0 Å². The SMILES string of the molecule is CCOC(=O)c1nn(CCc2ccc(OC)cc2)c2c1CN(CCC(=O)OC)CC2. The molecule has 30 heavy (non-hydrogen) atoms. The van der Waals surface area contributed by atoms with E-state index in [9.17, 15) is 9.59 Å². The Bertz CT molecular complexity index is 876. The van der Waals surface area contributed by atoms with E-state index in [1.165, 1.54) is 12.7 Å². The molecule has 8 heteroatoms. The van der Waals surface area contributed by atoms with Gasteiger partial charge in [0.2, 0.25) is 0 Å². The Morgan fingerprint density at radius 3 is 2.57 bits per heavy atom. The summed E-state index contributed by atoms with van der Waals surface area (Å²) in [6.07, 6.45) is 1.89. The number of aryl methyl sites for hydroxylation is 2. The second-order valence-electron chi connectivity index (χ2n) is 7.17. The van der Waals surface area contributed by atoms with Gasteiger partial charge < -0.3 is 14.2 Å². The van der Waals surface area contributed by atoms with Crippen LogP contribution in [0.2, 0.25) is 0 Å². The van der Waals surface area contributed by atoms with Gasteiger partial charge in [0.05, 0.1) is 27.2 Å². The number of esters is 2. The standard InChI is InChI=1S/C22H29N3O5/c1-4-30-22(27)21-18-15-24(13-11-20(26)29-3)12-10-19(18)25(23-21)14-9-16-5-7-17(28-2)8-6-16/h5-8H,4,9-15H2,1-3H3. The van der Waals surface area contributed by atoms with Crippen molar-refractivity contribution < 1.29 is 23.8 Å². The summed E-state index contributed by atoms with van der Waals surface area (Å²) in [7, 11) is 3.04. The highest BCUT2D eigenvalue weighted by molar-refractivity contribution is 5.89. The van der Waals surface area contributed by atoms with Crippen LogP contribution in [0.25, 0.3) is 0 Å². The van der Waals surface area contributed by atoms with Gasteiger partial charge in [-0.3, -0.25) is 14.4 Å². The minimum Gasteiger partial charge on any atom is -0.497 e. The first-order valence-electron chi connectivity index (χ1n) is 10.2. The molecule has 0 saturated heterocycles. The lowest BCUT2D eigenvalue weighted by molar-refractivity contribution is -0.141. The van der Waals surface area contributed by atoms with Crippen molar-refractivity contribution in [3.05, 3.63) is 46.8 Å². The van der Waals surface area contributed by atoms with Gasteiger partial charge in [-0.1, -0.05) is 12.1 Å². The maximum atomic E-state index is 12.5. The highest BCUT2D eigenvalue weighted by Crippen LogP contribution is 2.24. The molecule has 1 aromatic heterocycles. The van der Waals surface area contributed by atoms with Gasteiger partial charge in [0.25, 0.3) is 0 Å². The zero-order valence-electron chi connectivity index (χ0n) is 17.8. The summed E-state index contributed by atoms with van der Waals surface area (Å²) in [5.41, 5.74) is 3.53. The largest absolute Gasteiger partial charge is 0.497 e. The third-order valence-electron chi connectivity index (χ3n) is 5.31. The van der Waals surface area contributed by atoms with E-state index < -0.39 is 5.97 Å². The molecule has 1 aliphatic heterocycles. The molecule has 1 aromatic carbocycles. The lowest BCUT2D eigenvalue weighted by atomic mass is 10.0. The smallest absolute Gasteiger partial charge is 0.359 e. The molecule has 2 aromatic rings. The summed E-state index contributed by atoms with van der Waals surface area (Å²) in [5.74, 6) is 0.195. The number of rotatable bonds is 9. The lowest BCUT2D eigenvalue weighted by Gasteiger charge is -2.27. The average Bonchev–Trinajstić information content (AvgIpc) is 3.14. The molecule has 3 rings (SSSR count). The zero-order valence-corrected chi connectivity index (χ0v) is 17.8. The van der Waals surface area contributed by atoms with Crippen LogP contribution in [-0.4, -0.2) is 60.5 Å². The molecule has 0 amide bonds. The van der Waals surface area contributed by atoms with Crippen molar-refractivity contribution in [2.75, 3.05) is 33.9 Å². The van der Waals surface area contributed by atoms with Crippen molar-refractivity contribution in [3.63, 3.8) is 0 Å². The van der Waals surface area contributed by atoms with Crippen LogP contribution < -0.4 is 4.74 Å². The van der Waals surface area contributed by atoms with Crippen LogP contribution in [0.15, 0.2) is 24.3 Å². The van der Waals surface area contributed by atoms with E-state index in [1.807, 2.05) is 28.9 Å². The van der Waals surface area contributed by atoms with Crippen LogP contribution in [-0.2, 0) is 40.2 Å². The number of benzene rings is 1. The molecule has 1 aliphatic rings. The van der Waals surface area contributed by atoms with Crippen molar-refractivity contribution in [3.8, 4) is 5.75 Å². The lowest BCUT2D eigenvalue weighted by Crippen LogP contribution is -2.33. The first-order chi connectivity index (χ1) is 14.5. The maximum Gasteiger partial charge on any atom is 0.359 e. The summed E-state index contributed by atoms with van der Waals surface area (Å²) < 4.78 is 17.1. The molecule has 0 fully saturated rings. The first kappa shape index (κ1) is 21.8. The van der Waals surface area contributed by atoms with Crippen molar-refractivity contribution in [1.82, 2.24) is 14.7 Å². The monoisotopic (exact) mass is 415 g/mol. The summed E-state index contributed by atoms with van der Waals surface area (Å²) in [4.78, 5) is 26.1. The van der Waals surface area contributed by atoms with E-state index in [-0.39, 0.29) is 5.97 Å². The summed E-state index contributed by atoms with van der Waals surface area (Å²) in [5, 5.41) is 4.60. The molecule has 0 bridgehead atoms. The Labute approximate surface area is 176 Å². The van der Waals surface area contributed by atoms with E-state index in [0.29, 0.717) is 38.4 Å². The molecule has 162 valence electrons. The number of ether oxygens (including phenoxy) is 3. The summed E-state index contributed by atoms with van der Waals surface area (Å²) in [6.45, 7) is 4.73. The van der Waals surface area contributed by atoms with Crippen LogP contribution in [0.3, 0.4) is 0 Å². The molecule has 0 atom stereocenters. The minimum absolute atomic E-state index is 0.235. The minimum atomic E-state index is -0.397. The van der Waals surface area contributed by atoms with E-state index in [0.717, 1.165) is 36.4 Å². The molecule has 0 N–H and O–H groups in total. The number of aromatic nitrogens is 2. The summed E-state index contributed by atoms with van der Waals surface area (Å²) in [6, 6.07) is 7.96. The quantitative estimate of drug-likeness (QED) is 0.581. The number of fused-ring (bicyclic) bond motifs is 1. The first-order valence-corrected chi connectivity index (χ1v) is 10.2. The van der Waals surface area contributed by atoms with Crippen molar-refractivity contribution in [2.45, 2.75) is 39.3 Å². The number of hydrogen-bond donors (Lipinski definition) is 0. The third kappa shape index (κ3) is 5.18. The highest BCUT2D eigenvalue weighted by atomic mass is 16.5. The number of carbonyl (C=O) groups is 2. The van der Waals surface area contributed by atoms with Crippen molar-refractivity contribution in [1.29, 1.82) is 0 Å². The Kier molecular flexibility index (Phi) is 7.46. The van der Waals surface area contributed by atoms with Crippen molar-refractivity contribution >= 4 is 11.9 Å². The number of carbonyl (C=O) groups excluding carboxylic acids is 2. The molecule has 0 unspecified atom stereocenters. The van der Waals surface area contributed by atoms with Gasteiger partial charge in [0.1, 0.15) is 5.75 Å². The topological polar surface area (TPSA) is 82.9 Å². The fourth-order valence-electron chi connectivity index (χ4n) is 3.66. The fourth-order valence-corrected chi connectivity index (χ4v) is 3.66. The molecule has 8 nitrogen and oxygen atoms in total. The van der Waals surface area contributed by atoms with Gasteiger partial charge in [-0.2, -0.15) is 5.10 Å². The molecular weight excluding hydrogens is 386 g/mol. The molecule has 0 saturated carbocycles. The molecule has 0 radical (unpaired) electrons. The van der Waals surface area contributed by atoms with Gasteiger partial charge in [0.15, 0.2) is 5.69 Å². The second kappa shape index (κ2) is 10.2. The Morgan fingerprint density at radius 1 is 1.13 bits per heavy atom. The van der Waals surface area contributed by atoms with Crippen LogP contribution in [0.1, 0.15) is 40.7 Å². The number of hydrogen-bond acceptors (Lipinski definition) is 7. The molecular formula is C22H29N3O5. The fraction of sp³-hybridized carbons (Fsp3) is 0.500. The van der Waals surface area contributed by atoms with Gasteiger partial charge in [-0.15, -0.1) is 0 Å². The highest BCUT2D eigenvalue weighted by Gasteiger charge is 2.29. The Morgan fingerprint density at radius 2 is 1.90 bits per heavy atom. The van der Waals surface area contributed by atoms with Gasteiger partial charge in [-0.25, -0.2) is 4.79 Å². The molecule has 0 spiro atoms. The third-order valence-corrected chi connectivity index (χ3v) is 5.31. The van der Waals surface area contributed by atoms with Gasteiger partial charge in [0, 0.05) is 43.9 Å². The average molecular weight is 415 g/mol. The van der Waals surface area contributed by atoms with Crippen molar-refractivity contribution in [2.24, 2.45) is 0 Å². The predicted molar refractivity (Wildman–Crippen MR) is 110 cm³/mol. The van der Waals surface area contributed by atoms with Gasteiger partial charge in [-0.05, 0) is 31.0 Å². The summed E-state index contributed by atoms with van der Waals surface area (Å²) >= 11 is 0. The molecule has 0 aliphatic carbocycles. The Hall–Kier alpha value is -2.87. The van der Waals surface area contributed by atoms with E-state index in [2.05, 4.69) is 10.00 Å². The second-order valence-corrected chi connectivity index (χ2v) is 7.17. The van der Waals surface area contributed by atoms with E-state index in [4.69, 9.17) is 14.2 Å². The maximum absolute atomic E-state index is 12.5.